The Labute approximate surface area is 305 Å². The standard InChI is InChI=1S/C44H34F3N5O/c45-44(46,47)36-22-20-31(21-23-36)38-18-10-11-19-39(38)42(53)49-37-24-25-40-32(28-37)26-27-51(40)29-41-48-30-52(50-41)43(33-12-4-1-5-13-33,34-14-6-2-7-15-34)35-16-8-3-9-17-35/h1-25,28,30H,26-27,29H2,(H,49,53). The first-order valence-electron chi connectivity index (χ1n) is 17.3. The van der Waals surface area contributed by atoms with Gasteiger partial charge in [-0.1, -0.05) is 121 Å². The predicted molar refractivity (Wildman–Crippen MR) is 201 cm³/mol. The van der Waals surface area contributed by atoms with Gasteiger partial charge in [0.2, 0.25) is 0 Å². The summed E-state index contributed by atoms with van der Waals surface area (Å²) in [5, 5.41) is 8.14. The van der Waals surface area contributed by atoms with Crippen molar-refractivity contribution in [1.82, 2.24) is 14.8 Å². The third-order valence-corrected chi connectivity index (χ3v) is 9.81. The fourth-order valence-corrected chi connectivity index (χ4v) is 7.32. The van der Waals surface area contributed by atoms with Crippen molar-refractivity contribution in [1.29, 1.82) is 0 Å². The normalized spacial score (nSPS) is 12.8. The highest BCUT2D eigenvalue weighted by Crippen LogP contribution is 2.40. The molecule has 0 fully saturated rings. The van der Waals surface area contributed by atoms with Crippen LogP contribution in [0.2, 0.25) is 0 Å². The summed E-state index contributed by atoms with van der Waals surface area (Å²) in [6.45, 7) is 1.26. The summed E-state index contributed by atoms with van der Waals surface area (Å²) < 4.78 is 41.4. The van der Waals surface area contributed by atoms with Crippen molar-refractivity contribution in [3.63, 3.8) is 0 Å². The topological polar surface area (TPSA) is 63.1 Å². The van der Waals surface area contributed by atoms with Gasteiger partial charge in [-0.25, -0.2) is 9.67 Å². The van der Waals surface area contributed by atoms with Crippen LogP contribution in [-0.4, -0.2) is 27.2 Å². The van der Waals surface area contributed by atoms with Crippen LogP contribution in [0.15, 0.2) is 164 Å². The first-order valence-corrected chi connectivity index (χ1v) is 17.3. The van der Waals surface area contributed by atoms with E-state index in [1.807, 2.05) is 83.8 Å². The highest BCUT2D eigenvalue weighted by Gasteiger charge is 2.40. The summed E-state index contributed by atoms with van der Waals surface area (Å²) in [5.41, 5.74) is 5.93. The van der Waals surface area contributed by atoms with E-state index in [1.165, 1.54) is 12.1 Å². The second-order valence-electron chi connectivity index (χ2n) is 13.0. The van der Waals surface area contributed by atoms with Crippen molar-refractivity contribution in [3.05, 3.63) is 203 Å². The number of hydrogen-bond donors (Lipinski definition) is 1. The Morgan fingerprint density at radius 2 is 1.26 bits per heavy atom. The number of carbonyl (C=O) groups is 1. The largest absolute Gasteiger partial charge is 0.416 e. The van der Waals surface area contributed by atoms with Crippen molar-refractivity contribution in [2.75, 3.05) is 16.8 Å². The summed E-state index contributed by atoms with van der Waals surface area (Å²) in [6, 6.07) is 48.7. The van der Waals surface area contributed by atoms with Crippen LogP contribution in [0, 0.1) is 0 Å². The number of amides is 1. The van der Waals surface area contributed by atoms with Gasteiger partial charge in [0, 0.05) is 23.5 Å². The van der Waals surface area contributed by atoms with E-state index in [0.717, 1.165) is 53.0 Å². The molecule has 0 aliphatic carbocycles. The van der Waals surface area contributed by atoms with Crippen LogP contribution in [0.4, 0.5) is 24.5 Å². The number of benzene rings is 6. The van der Waals surface area contributed by atoms with Gasteiger partial charge in [-0.15, -0.1) is 0 Å². The molecule has 9 heteroatoms. The summed E-state index contributed by atoms with van der Waals surface area (Å²) in [4.78, 5) is 20.6. The third kappa shape index (κ3) is 6.46. The fraction of sp³-hybridized carbons (Fsp3) is 0.114. The van der Waals surface area contributed by atoms with Gasteiger partial charge in [-0.2, -0.15) is 18.3 Å². The molecular weight excluding hydrogens is 672 g/mol. The molecule has 0 saturated carbocycles. The molecule has 7 aromatic rings. The summed E-state index contributed by atoms with van der Waals surface area (Å²) >= 11 is 0. The highest BCUT2D eigenvalue weighted by atomic mass is 19.4. The van der Waals surface area contributed by atoms with E-state index in [9.17, 15) is 18.0 Å². The highest BCUT2D eigenvalue weighted by molar-refractivity contribution is 6.08. The van der Waals surface area contributed by atoms with Crippen LogP contribution in [0.25, 0.3) is 11.1 Å². The summed E-state index contributed by atoms with van der Waals surface area (Å²) in [7, 11) is 0. The lowest BCUT2D eigenvalue weighted by molar-refractivity contribution is -0.137. The summed E-state index contributed by atoms with van der Waals surface area (Å²) in [6.07, 6.45) is -1.83. The molecule has 0 bridgehead atoms. The number of rotatable bonds is 9. The molecular formula is C44H34F3N5O. The average molecular weight is 706 g/mol. The minimum atomic E-state index is -4.43. The zero-order chi connectivity index (χ0) is 36.4. The van der Waals surface area contributed by atoms with E-state index in [2.05, 4.69) is 46.6 Å². The molecule has 262 valence electrons. The van der Waals surface area contributed by atoms with Gasteiger partial charge < -0.3 is 10.2 Å². The minimum absolute atomic E-state index is 0.344. The number of alkyl halides is 3. The first-order chi connectivity index (χ1) is 25.8. The van der Waals surface area contributed by atoms with Crippen LogP contribution in [0.3, 0.4) is 0 Å². The molecule has 0 unspecified atom stereocenters. The molecule has 6 nitrogen and oxygen atoms in total. The smallest absolute Gasteiger partial charge is 0.363 e. The first kappa shape index (κ1) is 33.7. The number of nitrogens with one attached hydrogen (secondary N) is 1. The Hall–Kier alpha value is -6.48. The van der Waals surface area contributed by atoms with E-state index in [4.69, 9.17) is 10.1 Å². The number of nitrogens with zero attached hydrogens (tertiary/aromatic N) is 4. The van der Waals surface area contributed by atoms with Gasteiger partial charge >= 0.3 is 6.18 Å². The van der Waals surface area contributed by atoms with Crippen LogP contribution in [0.1, 0.15) is 44.0 Å². The summed E-state index contributed by atoms with van der Waals surface area (Å²) in [5.74, 6) is 0.339. The maximum atomic E-state index is 13.5. The van der Waals surface area contributed by atoms with E-state index in [-0.39, 0.29) is 5.91 Å². The lowest BCUT2D eigenvalue weighted by atomic mass is 9.77. The van der Waals surface area contributed by atoms with E-state index < -0.39 is 17.3 Å². The second-order valence-corrected chi connectivity index (χ2v) is 13.0. The van der Waals surface area contributed by atoms with Crippen molar-refractivity contribution in [2.45, 2.75) is 24.7 Å². The van der Waals surface area contributed by atoms with Crippen molar-refractivity contribution < 1.29 is 18.0 Å². The lowest BCUT2D eigenvalue weighted by Gasteiger charge is -2.35. The Bertz CT molecular complexity index is 2260. The van der Waals surface area contributed by atoms with E-state index in [1.54, 1.807) is 24.3 Å². The molecule has 1 aliphatic heterocycles. The molecule has 1 amide bonds. The van der Waals surface area contributed by atoms with E-state index >= 15 is 0 Å². The molecule has 2 heterocycles. The average Bonchev–Trinajstić information content (AvgIpc) is 3.83. The van der Waals surface area contributed by atoms with Crippen LogP contribution >= 0.6 is 0 Å². The second kappa shape index (κ2) is 13.9. The van der Waals surface area contributed by atoms with Gasteiger partial charge in [-0.05, 0) is 76.2 Å². The number of halogens is 3. The SMILES string of the molecule is O=C(Nc1ccc2c(c1)CCN2Cc1ncn(C(c2ccccc2)(c2ccccc2)c2ccccc2)n1)c1ccccc1-c1ccc(C(F)(F)F)cc1. The van der Waals surface area contributed by atoms with Gasteiger partial charge in [0.15, 0.2) is 5.82 Å². The van der Waals surface area contributed by atoms with Gasteiger partial charge in [0.05, 0.1) is 12.1 Å². The van der Waals surface area contributed by atoms with Crippen LogP contribution in [0.5, 0.6) is 0 Å². The van der Waals surface area contributed by atoms with Gasteiger partial charge in [-0.3, -0.25) is 4.79 Å². The van der Waals surface area contributed by atoms with Crippen LogP contribution < -0.4 is 10.2 Å². The van der Waals surface area contributed by atoms with Crippen LogP contribution in [-0.2, 0) is 24.7 Å². The number of aromatic nitrogens is 3. The quantitative estimate of drug-likeness (QED) is 0.152. The molecule has 0 spiro atoms. The van der Waals surface area contributed by atoms with Crippen molar-refractivity contribution >= 4 is 17.3 Å². The molecule has 0 saturated heterocycles. The monoisotopic (exact) mass is 705 g/mol. The molecule has 53 heavy (non-hydrogen) atoms. The molecule has 6 aromatic carbocycles. The molecule has 0 atom stereocenters. The third-order valence-electron chi connectivity index (χ3n) is 9.81. The van der Waals surface area contributed by atoms with Gasteiger partial charge in [0.1, 0.15) is 11.9 Å². The van der Waals surface area contributed by atoms with Crippen molar-refractivity contribution in [2.24, 2.45) is 0 Å². The van der Waals surface area contributed by atoms with Gasteiger partial charge in [0.25, 0.3) is 5.91 Å². The number of fused-ring (bicyclic) bond motifs is 1. The molecule has 1 N–H and O–H groups in total. The Morgan fingerprint density at radius 3 is 1.87 bits per heavy atom. The number of anilines is 2. The fourth-order valence-electron chi connectivity index (χ4n) is 7.32. The number of carbonyl (C=O) groups excluding carboxylic acids is 1. The maximum Gasteiger partial charge on any atom is 0.416 e. The van der Waals surface area contributed by atoms with Crippen molar-refractivity contribution in [3.8, 4) is 11.1 Å². The Morgan fingerprint density at radius 1 is 0.679 bits per heavy atom. The lowest BCUT2D eigenvalue weighted by Crippen LogP contribution is -2.38. The maximum absolute atomic E-state index is 13.5. The Kier molecular flexibility index (Phi) is 8.84. The van der Waals surface area contributed by atoms with E-state index in [0.29, 0.717) is 34.7 Å². The minimum Gasteiger partial charge on any atom is -0.363 e. The molecule has 8 rings (SSSR count). The zero-order valence-corrected chi connectivity index (χ0v) is 28.5. The zero-order valence-electron chi connectivity index (χ0n) is 28.5. The molecule has 1 aromatic heterocycles. The predicted octanol–water partition coefficient (Wildman–Crippen LogP) is 9.62. The molecule has 0 radical (unpaired) electrons. The molecule has 1 aliphatic rings. The number of hydrogen-bond acceptors (Lipinski definition) is 4. The Balaban J connectivity index is 1.04.